The number of rotatable bonds is 6. The Kier molecular flexibility index (Phi) is 5.78. The maximum Gasteiger partial charge on any atom is 0.265 e. The Hall–Kier alpha value is -0.270. The predicted octanol–water partition coefficient (Wildman–Crippen LogP) is -0.318. The highest BCUT2D eigenvalue weighted by atomic mass is 32.2. The topological polar surface area (TPSA) is 163 Å². The Balaban J connectivity index is 2.88. The first kappa shape index (κ1) is 18.8. The Morgan fingerprint density at radius 3 is 1.52 bits per heavy atom. The summed E-state index contributed by atoms with van der Waals surface area (Å²) in [5, 5.41) is 0. The van der Waals surface area contributed by atoms with E-state index in [0.29, 0.717) is 0 Å². The van der Waals surface area contributed by atoms with Gasteiger partial charge in [-0.1, -0.05) is 0 Å². The zero-order valence-corrected chi connectivity index (χ0v) is 13.4. The van der Waals surface area contributed by atoms with Crippen LogP contribution in [0.1, 0.15) is 19.3 Å². The van der Waals surface area contributed by atoms with E-state index in [4.69, 9.17) is 13.7 Å². The van der Waals surface area contributed by atoms with Gasteiger partial charge in [0.15, 0.2) is 0 Å². The normalized spacial score (nSPS) is 28.4. The smallest absolute Gasteiger partial charge is 0.265 e. The van der Waals surface area contributed by atoms with Gasteiger partial charge in [-0.15, -0.1) is 0 Å². The Morgan fingerprint density at radius 2 is 1.10 bits per heavy atom. The molecule has 3 N–H and O–H groups in total. The van der Waals surface area contributed by atoms with Crippen LogP contribution in [0.15, 0.2) is 0 Å². The van der Waals surface area contributed by atoms with E-state index in [1.807, 2.05) is 0 Å². The molecule has 0 aromatic heterocycles. The van der Waals surface area contributed by atoms with Crippen LogP contribution in [0.3, 0.4) is 0 Å². The Morgan fingerprint density at radius 1 is 0.667 bits per heavy atom. The van der Waals surface area contributed by atoms with Crippen molar-refractivity contribution in [1.82, 2.24) is 0 Å². The zero-order chi connectivity index (χ0) is 16.5. The number of hydrogen-bond acceptors (Lipinski definition) is 6. The molecule has 0 amide bonds. The molecule has 0 saturated heterocycles. The quantitative estimate of drug-likeness (QED) is 0.534. The molecule has 0 aromatic carbocycles. The highest BCUT2D eigenvalue weighted by Gasteiger charge is 2.36. The minimum Gasteiger partial charge on any atom is -0.286 e. The summed E-state index contributed by atoms with van der Waals surface area (Å²) in [4.78, 5) is 0. The van der Waals surface area contributed by atoms with E-state index in [-0.39, 0.29) is 19.3 Å². The van der Waals surface area contributed by atoms with Crippen molar-refractivity contribution in [3.05, 3.63) is 0 Å². The van der Waals surface area contributed by atoms with E-state index in [1.54, 1.807) is 0 Å². The second-order valence-electron chi connectivity index (χ2n) is 5.44. The maximum absolute atomic E-state index is 11.0. The summed E-state index contributed by atoms with van der Waals surface area (Å²) >= 11 is 0. The van der Waals surface area contributed by atoms with Gasteiger partial charge in [0.2, 0.25) is 0 Å². The molecule has 1 saturated carbocycles. The van der Waals surface area contributed by atoms with E-state index in [0.717, 1.165) is 0 Å². The molecule has 0 radical (unpaired) electrons. The standard InChI is InChI=1S/C9H18O9S3/c10-19(11,12)4-7-1-2-8(5-20(13,14)15)9(3-7)6-21(16,17)18/h7-9H,1-6H2,(H,10,11,12)(H,13,14,15)(H,16,17,18)/t7-,8+,9+/m1/s1. The van der Waals surface area contributed by atoms with Crippen LogP contribution in [0, 0.1) is 17.8 Å². The minimum atomic E-state index is -4.37. The number of hydrogen-bond donors (Lipinski definition) is 3. The summed E-state index contributed by atoms with van der Waals surface area (Å²) in [7, 11) is -12.9. The molecule has 1 aliphatic carbocycles. The van der Waals surface area contributed by atoms with Crippen LogP contribution in [0.5, 0.6) is 0 Å². The van der Waals surface area contributed by atoms with Gasteiger partial charge in [-0.05, 0) is 37.0 Å². The fraction of sp³-hybridized carbons (Fsp3) is 1.00. The average molecular weight is 366 g/mol. The molecular weight excluding hydrogens is 348 g/mol. The van der Waals surface area contributed by atoms with Crippen LogP contribution in [0.25, 0.3) is 0 Å². The second-order valence-corrected chi connectivity index (χ2v) is 9.94. The zero-order valence-electron chi connectivity index (χ0n) is 11.0. The summed E-state index contributed by atoms with van der Waals surface area (Å²) in [6.45, 7) is 0. The van der Waals surface area contributed by atoms with E-state index in [2.05, 4.69) is 0 Å². The van der Waals surface area contributed by atoms with Crippen molar-refractivity contribution in [3.8, 4) is 0 Å². The van der Waals surface area contributed by atoms with Crippen molar-refractivity contribution in [2.75, 3.05) is 17.3 Å². The first-order valence-electron chi connectivity index (χ1n) is 6.10. The van der Waals surface area contributed by atoms with Gasteiger partial charge in [0.25, 0.3) is 30.4 Å². The van der Waals surface area contributed by atoms with E-state index < -0.39 is 65.4 Å². The molecular formula is C9H18O9S3. The molecule has 3 atom stereocenters. The molecule has 21 heavy (non-hydrogen) atoms. The predicted molar refractivity (Wildman–Crippen MR) is 73.6 cm³/mol. The van der Waals surface area contributed by atoms with Crippen LogP contribution in [0.2, 0.25) is 0 Å². The highest BCUT2D eigenvalue weighted by Crippen LogP contribution is 2.36. The lowest BCUT2D eigenvalue weighted by Crippen LogP contribution is -2.36. The third kappa shape index (κ3) is 8.07. The monoisotopic (exact) mass is 366 g/mol. The lowest BCUT2D eigenvalue weighted by Gasteiger charge is -2.34. The summed E-state index contributed by atoms with van der Waals surface area (Å²) in [5.41, 5.74) is 0. The molecule has 12 heteroatoms. The molecule has 0 unspecified atom stereocenters. The molecule has 1 fully saturated rings. The fourth-order valence-corrected chi connectivity index (χ4v) is 5.67. The SMILES string of the molecule is O=S(=O)(O)C[C@@H]1CC[C@@H](CS(=O)(=O)O)[C@H](CS(=O)(=O)O)C1. The Labute approximate surface area is 124 Å². The third-order valence-electron chi connectivity index (χ3n) is 3.54. The Bertz CT molecular complexity index is 661. The van der Waals surface area contributed by atoms with Crippen LogP contribution < -0.4 is 0 Å². The fourth-order valence-electron chi connectivity index (χ4n) is 2.84. The third-order valence-corrected chi connectivity index (χ3v) is 6.14. The molecule has 1 aliphatic rings. The van der Waals surface area contributed by atoms with Gasteiger partial charge < -0.3 is 0 Å². The maximum atomic E-state index is 11.0. The first-order chi connectivity index (χ1) is 9.25. The summed E-state index contributed by atoms with van der Waals surface area (Å²) < 4.78 is 92.1. The van der Waals surface area contributed by atoms with E-state index in [9.17, 15) is 25.3 Å². The van der Waals surface area contributed by atoms with Gasteiger partial charge in [-0.2, -0.15) is 25.3 Å². The summed E-state index contributed by atoms with van der Waals surface area (Å²) in [5.74, 6) is -3.93. The molecule has 0 aromatic rings. The molecule has 0 bridgehead atoms. The van der Waals surface area contributed by atoms with Gasteiger partial charge in [0.1, 0.15) is 0 Å². The lowest BCUT2D eigenvalue weighted by atomic mass is 9.76. The van der Waals surface area contributed by atoms with Gasteiger partial charge in [-0.25, -0.2) is 0 Å². The minimum absolute atomic E-state index is 0.0275. The van der Waals surface area contributed by atoms with Crippen LogP contribution in [-0.4, -0.2) is 56.2 Å². The largest absolute Gasteiger partial charge is 0.286 e. The van der Waals surface area contributed by atoms with Gasteiger partial charge in [0, 0.05) is 0 Å². The van der Waals surface area contributed by atoms with Gasteiger partial charge in [0.05, 0.1) is 17.3 Å². The molecule has 1 rings (SSSR count). The molecule has 0 spiro atoms. The van der Waals surface area contributed by atoms with Crippen molar-refractivity contribution in [2.24, 2.45) is 17.8 Å². The van der Waals surface area contributed by atoms with Crippen molar-refractivity contribution in [2.45, 2.75) is 19.3 Å². The van der Waals surface area contributed by atoms with Gasteiger partial charge >= 0.3 is 0 Å². The van der Waals surface area contributed by atoms with Crippen molar-refractivity contribution in [3.63, 3.8) is 0 Å². The molecule has 0 aliphatic heterocycles. The molecule has 126 valence electrons. The molecule has 0 heterocycles. The second kappa shape index (κ2) is 6.46. The average Bonchev–Trinajstić information content (AvgIpc) is 2.15. The highest BCUT2D eigenvalue weighted by molar-refractivity contribution is 7.86. The first-order valence-corrected chi connectivity index (χ1v) is 10.9. The van der Waals surface area contributed by atoms with Crippen LogP contribution >= 0.6 is 0 Å². The summed E-state index contributed by atoms with van der Waals surface area (Å²) in [6, 6.07) is 0. The summed E-state index contributed by atoms with van der Waals surface area (Å²) in [6.07, 6.45) is 0.488. The van der Waals surface area contributed by atoms with Crippen molar-refractivity contribution < 1.29 is 38.9 Å². The van der Waals surface area contributed by atoms with E-state index >= 15 is 0 Å². The van der Waals surface area contributed by atoms with Crippen molar-refractivity contribution >= 4 is 30.4 Å². The lowest BCUT2D eigenvalue weighted by molar-refractivity contribution is 0.218. The van der Waals surface area contributed by atoms with E-state index in [1.165, 1.54) is 0 Å². The van der Waals surface area contributed by atoms with Crippen LogP contribution in [-0.2, 0) is 30.4 Å². The van der Waals surface area contributed by atoms with Crippen LogP contribution in [0.4, 0.5) is 0 Å². The van der Waals surface area contributed by atoms with Gasteiger partial charge in [-0.3, -0.25) is 13.7 Å². The molecule has 9 nitrogen and oxygen atoms in total. The van der Waals surface area contributed by atoms with Crippen molar-refractivity contribution in [1.29, 1.82) is 0 Å².